The molecular weight excluding hydrogens is 322 g/mol. The molecule has 1 amide bonds. The number of carbonyl (C=O) groups excluding carboxylic acids is 1. The Morgan fingerprint density at radius 2 is 1.86 bits per heavy atom. The first-order chi connectivity index (χ1) is 10.1. The average molecular weight is 332 g/mol. The fourth-order valence-corrected chi connectivity index (χ4v) is 3.51. The van der Waals surface area contributed by atoms with Gasteiger partial charge < -0.3 is 0 Å². The van der Waals surface area contributed by atoms with Gasteiger partial charge in [-0.05, 0) is 35.9 Å². The highest BCUT2D eigenvalue weighted by Gasteiger charge is 2.33. The third-order valence-electron chi connectivity index (χ3n) is 2.95. The number of para-hydroxylation sites is 1. The minimum atomic E-state index is -0.101. The van der Waals surface area contributed by atoms with Crippen molar-refractivity contribution >= 4 is 57.6 Å². The molecule has 3 rings (SSSR count). The van der Waals surface area contributed by atoms with E-state index in [9.17, 15) is 4.79 Å². The molecule has 5 heteroatoms. The van der Waals surface area contributed by atoms with E-state index in [2.05, 4.69) is 0 Å². The van der Waals surface area contributed by atoms with Gasteiger partial charge in [-0.25, -0.2) is 0 Å². The number of amides is 1. The maximum absolute atomic E-state index is 12.5. The van der Waals surface area contributed by atoms with E-state index >= 15 is 0 Å². The van der Waals surface area contributed by atoms with Crippen LogP contribution in [0.4, 0.5) is 5.69 Å². The molecule has 2 nitrogen and oxygen atoms in total. The van der Waals surface area contributed by atoms with Gasteiger partial charge in [0.05, 0.1) is 10.6 Å². The average Bonchev–Trinajstić information content (AvgIpc) is 2.74. The van der Waals surface area contributed by atoms with Crippen LogP contribution in [0.5, 0.6) is 0 Å². The Balaban J connectivity index is 1.94. The highest BCUT2D eigenvalue weighted by atomic mass is 35.5. The van der Waals surface area contributed by atoms with E-state index in [4.69, 9.17) is 23.8 Å². The molecule has 1 heterocycles. The van der Waals surface area contributed by atoms with Gasteiger partial charge in [-0.1, -0.05) is 65.9 Å². The minimum Gasteiger partial charge on any atom is -0.268 e. The summed E-state index contributed by atoms with van der Waals surface area (Å²) >= 11 is 12.6. The van der Waals surface area contributed by atoms with Gasteiger partial charge in [-0.3, -0.25) is 9.69 Å². The van der Waals surface area contributed by atoms with E-state index < -0.39 is 0 Å². The van der Waals surface area contributed by atoms with Gasteiger partial charge in [0.25, 0.3) is 5.91 Å². The molecule has 1 aliphatic heterocycles. The number of nitrogens with zero attached hydrogens (tertiary/aromatic N) is 1. The van der Waals surface area contributed by atoms with Gasteiger partial charge in [0.15, 0.2) is 4.32 Å². The molecule has 0 saturated carbocycles. The van der Waals surface area contributed by atoms with Crippen LogP contribution in [0.2, 0.25) is 5.02 Å². The van der Waals surface area contributed by atoms with Gasteiger partial charge in [0.2, 0.25) is 0 Å². The summed E-state index contributed by atoms with van der Waals surface area (Å²) in [5.74, 6) is -0.101. The lowest BCUT2D eigenvalue weighted by Crippen LogP contribution is -2.27. The first-order valence-corrected chi connectivity index (χ1v) is 7.84. The van der Waals surface area contributed by atoms with Gasteiger partial charge >= 0.3 is 0 Å². The molecule has 0 radical (unpaired) electrons. The van der Waals surface area contributed by atoms with Gasteiger partial charge in [0, 0.05) is 5.02 Å². The Hall–Kier alpha value is -1.62. The molecule has 0 bridgehead atoms. The lowest BCUT2D eigenvalue weighted by molar-refractivity contribution is -0.113. The van der Waals surface area contributed by atoms with Gasteiger partial charge in [-0.2, -0.15) is 0 Å². The van der Waals surface area contributed by atoms with E-state index in [0.29, 0.717) is 14.2 Å². The summed E-state index contributed by atoms with van der Waals surface area (Å²) in [5, 5.41) is 0.641. The van der Waals surface area contributed by atoms with E-state index in [0.717, 1.165) is 11.3 Å². The molecule has 21 heavy (non-hydrogen) atoms. The van der Waals surface area contributed by atoms with Gasteiger partial charge in [-0.15, -0.1) is 0 Å². The van der Waals surface area contributed by atoms with Crippen LogP contribution in [-0.4, -0.2) is 10.2 Å². The lowest BCUT2D eigenvalue weighted by Gasteiger charge is -2.13. The number of rotatable bonds is 2. The summed E-state index contributed by atoms with van der Waals surface area (Å²) in [6, 6.07) is 16.8. The van der Waals surface area contributed by atoms with Crippen molar-refractivity contribution in [2.75, 3.05) is 4.90 Å². The molecule has 0 spiro atoms. The van der Waals surface area contributed by atoms with Crippen LogP contribution in [-0.2, 0) is 4.79 Å². The standard InChI is InChI=1S/C16H10ClNOS2/c17-12-6-4-5-11(9-12)10-14-15(19)18(16(20)21-14)13-7-2-1-3-8-13/h1-10H/b14-10-. The second-order valence-electron chi connectivity index (χ2n) is 4.41. The molecule has 1 saturated heterocycles. The first-order valence-electron chi connectivity index (χ1n) is 6.24. The van der Waals surface area contributed by atoms with Crippen molar-refractivity contribution < 1.29 is 4.79 Å². The second-order valence-corrected chi connectivity index (χ2v) is 6.52. The monoisotopic (exact) mass is 331 g/mol. The van der Waals surface area contributed by atoms with Gasteiger partial charge in [0.1, 0.15) is 0 Å². The predicted octanol–water partition coefficient (Wildman–Crippen LogP) is 4.75. The van der Waals surface area contributed by atoms with Crippen molar-refractivity contribution in [3.05, 3.63) is 70.1 Å². The van der Waals surface area contributed by atoms with Crippen LogP contribution < -0.4 is 4.90 Å². The van der Waals surface area contributed by atoms with Crippen LogP contribution in [0.25, 0.3) is 6.08 Å². The largest absolute Gasteiger partial charge is 0.270 e. The number of anilines is 1. The van der Waals surface area contributed by atoms with E-state index in [1.54, 1.807) is 11.0 Å². The number of benzene rings is 2. The minimum absolute atomic E-state index is 0.101. The van der Waals surface area contributed by atoms with E-state index in [1.165, 1.54) is 11.8 Å². The zero-order valence-corrected chi connectivity index (χ0v) is 13.2. The third kappa shape index (κ3) is 3.02. The fraction of sp³-hybridized carbons (Fsp3) is 0. The molecule has 0 atom stereocenters. The Bertz CT molecular complexity index is 743. The highest BCUT2D eigenvalue weighted by Crippen LogP contribution is 2.35. The SMILES string of the molecule is O=C1/C(=C/c2cccc(Cl)c2)SC(=S)N1c1ccccc1. The summed E-state index contributed by atoms with van der Waals surface area (Å²) in [6.07, 6.45) is 1.81. The fourth-order valence-electron chi connectivity index (χ4n) is 2.02. The number of halogens is 1. The van der Waals surface area contributed by atoms with Crippen molar-refractivity contribution in [1.29, 1.82) is 0 Å². The van der Waals surface area contributed by atoms with Crippen LogP contribution in [0.3, 0.4) is 0 Å². The molecule has 2 aromatic rings. The normalized spacial score (nSPS) is 16.8. The van der Waals surface area contributed by atoms with Crippen molar-refractivity contribution in [3.8, 4) is 0 Å². The highest BCUT2D eigenvalue weighted by molar-refractivity contribution is 8.27. The molecule has 1 fully saturated rings. The Kier molecular flexibility index (Phi) is 4.10. The van der Waals surface area contributed by atoms with Crippen LogP contribution in [0, 0.1) is 0 Å². The zero-order valence-electron chi connectivity index (χ0n) is 10.8. The summed E-state index contributed by atoms with van der Waals surface area (Å²) < 4.78 is 0.541. The first kappa shape index (κ1) is 14.3. The van der Waals surface area contributed by atoms with Crippen LogP contribution in [0.1, 0.15) is 5.56 Å². The maximum Gasteiger partial charge on any atom is 0.270 e. The summed E-state index contributed by atoms with van der Waals surface area (Å²) in [4.78, 5) is 14.7. The maximum atomic E-state index is 12.5. The van der Waals surface area contributed by atoms with Crippen molar-refractivity contribution in [2.45, 2.75) is 0 Å². The molecule has 2 aromatic carbocycles. The summed E-state index contributed by atoms with van der Waals surface area (Å²) in [7, 11) is 0. The van der Waals surface area contributed by atoms with E-state index in [1.807, 2.05) is 54.6 Å². The molecule has 1 aliphatic rings. The number of thiocarbonyl (C=S) groups is 1. The smallest absolute Gasteiger partial charge is 0.268 e. The van der Waals surface area contributed by atoms with Crippen molar-refractivity contribution in [2.24, 2.45) is 0 Å². The van der Waals surface area contributed by atoms with Crippen molar-refractivity contribution in [3.63, 3.8) is 0 Å². The molecule has 104 valence electrons. The molecule has 0 unspecified atom stereocenters. The Morgan fingerprint density at radius 3 is 2.57 bits per heavy atom. The quantitative estimate of drug-likeness (QED) is 0.585. The Labute approximate surface area is 137 Å². The third-order valence-corrected chi connectivity index (χ3v) is 4.49. The lowest BCUT2D eigenvalue weighted by atomic mass is 10.2. The number of thioether (sulfide) groups is 1. The van der Waals surface area contributed by atoms with E-state index in [-0.39, 0.29) is 5.91 Å². The number of hydrogen-bond donors (Lipinski definition) is 0. The second kappa shape index (κ2) is 6.02. The predicted molar refractivity (Wildman–Crippen MR) is 93.5 cm³/mol. The number of hydrogen-bond acceptors (Lipinski definition) is 3. The Morgan fingerprint density at radius 1 is 1.10 bits per heavy atom. The summed E-state index contributed by atoms with van der Waals surface area (Å²) in [5.41, 5.74) is 1.67. The van der Waals surface area contributed by atoms with Crippen LogP contribution >= 0.6 is 35.6 Å². The molecular formula is C16H10ClNOS2. The molecule has 0 aliphatic carbocycles. The molecule has 0 aromatic heterocycles. The molecule has 0 N–H and O–H groups in total. The zero-order chi connectivity index (χ0) is 14.8. The van der Waals surface area contributed by atoms with Crippen molar-refractivity contribution in [1.82, 2.24) is 0 Å². The summed E-state index contributed by atoms with van der Waals surface area (Å²) in [6.45, 7) is 0. The topological polar surface area (TPSA) is 20.3 Å². The van der Waals surface area contributed by atoms with Crippen LogP contribution in [0.15, 0.2) is 59.5 Å². The number of carbonyl (C=O) groups is 1.